The van der Waals surface area contributed by atoms with E-state index in [-0.39, 0.29) is 0 Å². The van der Waals surface area contributed by atoms with Crippen molar-refractivity contribution in [2.45, 2.75) is 37.8 Å². The lowest BCUT2D eigenvalue weighted by Crippen LogP contribution is -2.54. The summed E-state index contributed by atoms with van der Waals surface area (Å²) in [6, 6.07) is 1.50. The molecule has 2 atom stereocenters. The van der Waals surface area contributed by atoms with E-state index in [1.807, 2.05) is 0 Å². The van der Waals surface area contributed by atoms with Crippen LogP contribution in [0.25, 0.3) is 0 Å². The van der Waals surface area contributed by atoms with Crippen LogP contribution >= 0.6 is 0 Å². The van der Waals surface area contributed by atoms with Crippen molar-refractivity contribution in [2.24, 2.45) is 0 Å². The summed E-state index contributed by atoms with van der Waals surface area (Å²) in [6.07, 6.45) is 5.51. The number of nitrogens with zero attached hydrogens (tertiary/aromatic N) is 3. The molecule has 1 N–H and O–H groups in total. The third-order valence-corrected chi connectivity index (χ3v) is 4.94. The maximum Gasteiger partial charge on any atom is 0.0345 e. The predicted molar refractivity (Wildman–Crippen MR) is 81.7 cm³/mol. The van der Waals surface area contributed by atoms with Crippen LogP contribution < -0.4 is 5.32 Å². The van der Waals surface area contributed by atoms with E-state index in [9.17, 15) is 0 Å². The molecule has 0 aromatic heterocycles. The largest absolute Gasteiger partial charge is 0.315 e. The van der Waals surface area contributed by atoms with Gasteiger partial charge < -0.3 is 15.1 Å². The minimum absolute atomic E-state index is 0.683. The number of likely N-dealkylation sites (N-methyl/N-ethyl adjacent to an activating group) is 2. The lowest BCUT2D eigenvalue weighted by molar-refractivity contribution is 0.112. The number of piperazine rings is 1. The van der Waals surface area contributed by atoms with Gasteiger partial charge in [-0.1, -0.05) is 6.42 Å². The van der Waals surface area contributed by atoms with Crippen molar-refractivity contribution in [1.82, 2.24) is 20.0 Å². The molecule has 0 spiro atoms. The molecule has 19 heavy (non-hydrogen) atoms. The number of likely N-dealkylation sites (tertiary alicyclic amines) is 1. The van der Waals surface area contributed by atoms with E-state index in [1.54, 1.807) is 0 Å². The zero-order valence-electron chi connectivity index (χ0n) is 13.1. The first-order chi connectivity index (χ1) is 9.16. The maximum atomic E-state index is 3.68. The summed E-state index contributed by atoms with van der Waals surface area (Å²) in [5.41, 5.74) is 0. The molecule has 0 aliphatic carbocycles. The summed E-state index contributed by atoms with van der Waals surface area (Å²) < 4.78 is 0. The molecule has 4 heteroatoms. The molecule has 0 aromatic carbocycles. The summed E-state index contributed by atoms with van der Waals surface area (Å²) in [6.45, 7) is 7.21. The first kappa shape index (κ1) is 15.2. The molecule has 0 aromatic rings. The third kappa shape index (κ3) is 4.71. The van der Waals surface area contributed by atoms with Gasteiger partial charge in [0.15, 0.2) is 0 Å². The number of hydrogen-bond donors (Lipinski definition) is 1. The summed E-state index contributed by atoms with van der Waals surface area (Å²) in [7, 11) is 6.78. The van der Waals surface area contributed by atoms with Gasteiger partial charge in [0.25, 0.3) is 0 Å². The van der Waals surface area contributed by atoms with E-state index in [0.29, 0.717) is 6.04 Å². The van der Waals surface area contributed by atoms with Gasteiger partial charge in [0.2, 0.25) is 0 Å². The van der Waals surface area contributed by atoms with Crippen molar-refractivity contribution in [3.63, 3.8) is 0 Å². The Labute approximate surface area is 119 Å². The van der Waals surface area contributed by atoms with Crippen LogP contribution in [-0.4, -0.2) is 87.2 Å². The molecule has 2 unspecified atom stereocenters. The van der Waals surface area contributed by atoms with Gasteiger partial charge in [0.1, 0.15) is 0 Å². The SMILES string of the molecule is CN1CCN(C)C(CNCCC2CCCCN2C)C1. The molecule has 0 saturated carbocycles. The van der Waals surface area contributed by atoms with Gasteiger partial charge >= 0.3 is 0 Å². The van der Waals surface area contributed by atoms with Gasteiger partial charge in [-0.15, -0.1) is 0 Å². The van der Waals surface area contributed by atoms with Crippen LogP contribution in [0.1, 0.15) is 25.7 Å². The first-order valence-electron chi connectivity index (χ1n) is 7.96. The molecule has 2 fully saturated rings. The van der Waals surface area contributed by atoms with Crippen LogP contribution in [0, 0.1) is 0 Å². The smallest absolute Gasteiger partial charge is 0.0345 e. The normalized spacial score (nSPS) is 31.7. The molecule has 0 radical (unpaired) electrons. The van der Waals surface area contributed by atoms with Gasteiger partial charge in [-0.3, -0.25) is 4.90 Å². The standard InChI is InChI=1S/C15H32N4/c1-17-10-11-19(3)15(13-17)12-16-8-7-14-6-4-5-9-18(14)2/h14-16H,4-13H2,1-3H3. The maximum absolute atomic E-state index is 3.68. The molecular formula is C15H32N4. The molecule has 112 valence electrons. The van der Waals surface area contributed by atoms with E-state index in [0.717, 1.165) is 12.6 Å². The van der Waals surface area contributed by atoms with Gasteiger partial charge in [-0.2, -0.15) is 0 Å². The molecule has 4 nitrogen and oxygen atoms in total. The van der Waals surface area contributed by atoms with E-state index >= 15 is 0 Å². The summed E-state index contributed by atoms with van der Waals surface area (Å²) in [5.74, 6) is 0. The Morgan fingerprint density at radius 3 is 2.53 bits per heavy atom. The molecule has 2 heterocycles. The van der Waals surface area contributed by atoms with Crippen LogP contribution in [-0.2, 0) is 0 Å². The quantitative estimate of drug-likeness (QED) is 0.741. The Balaban J connectivity index is 1.60. The monoisotopic (exact) mass is 268 g/mol. The van der Waals surface area contributed by atoms with Crippen LogP contribution in [0.2, 0.25) is 0 Å². The van der Waals surface area contributed by atoms with Gasteiger partial charge in [0.05, 0.1) is 0 Å². The lowest BCUT2D eigenvalue weighted by atomic mass is 10.0. The highest BCUT2D eigenvalue weighted by Gasteiger charge is 2.22. The number of nitrogens with one attached hydrogen (secondary N) is 1. The minimum Gasteiger partial charge on any atom is -0.315 e. The van der Waals surface area contributed by atoms with E-state index < -0.39 is 0 Å². The average molecular weight is 268 g/mol. The fourth-order valence-corrected chi connectivity index (χ4v) is 3.37. The molecular weight excluding hydrogens is 236 g/mol. The Bertz CT molecular complexity index is 259. The van der Waals surface area contributed by atoms with Crippen LogP contribution in [0.5, 0.6) is 0 Å². The molecule has 2 aliphatic heterocycles. The number of hydrogen-bond acceptors (Lipinski definition) is 4. The van der Waals surface area contributed by atoms with Crippen molar-refractivity contribution >= 4 is 0 Å². The summed E-state index contributed by atoms with van der Waals surface area (Å²) in [4.78, 5) is 7.49. The highest BCUT2D eigenvalue weighted by atomic mass is 15.3. The van der Waals surface area contributed by atoms with Crippen LogP contribution in [0.3, 0.4) is 0 Å². The number of rotatable bonds is 5. The van der Waals surface area contributed by atoms with Gasteiger partial charge in [-0.25, -0.2) is 0 Å². The summed E-state index contributed by atoms with van der Waals surface area (Å²) >= 11 is 0. The van der Waals surface area contributed by atoms with Crippen molar-refractivity contribution in [3.05, 3.63) is 0 Å². The molecule has 2 saturated heterocycles. The fourth-order valence-electron chi connectivity index (χ4n) is 3.37. The zero-order valence-corrected chi connectivity index (χ0v) is 13.1. The van der Waals surface area contributed by atoms with E-state index in [4.69, 9.17) is 0 Å². The predicted octanol–water partition coefficient (Wildman–Crippen LogP) is 0.696. The highest BCUT2D eigenvalue weighted by molar-refractivity contribution is 4.81. The van der Waals surface area contributed by atoms with Gasteiger partial charge in [-0.05, 0) is 53.5 Å². The minimum atomic E-state index is 0.683. The second kappa shape index (κ2) is 7.58. The van der Waals surface area contributed by atoms with Crippen molar-refractivity contribution < 1.29 is 0 Å². The lowest BCUT2D eigenvalue weighted by Gasteiger charge is -2.38. The van der Waals surface area contributed by atoms with Crippen molar-refractivity contribution in [2.75, 3.05) is 60.4 Å². The Morgan fingerprint density at radius 2 is 1.74 bits per heavy atom. The topological polar surface area (TPSA) is 21.8 Å². The van der Waals surface area contributed by atoms with E-state index in [1.165, 1.54) is 58.4 Å². The Morgan fingerprint density at radius 1 is 0.947 bits per heavy atom. The van der Waals surface area contributed by atoms with E-state index in [2.05, 4.69) is 41.2 Å². The average Bonchev–Trinajstić information content (AvgIpc) is 2.40. The number of piperidine rings is 1. The second-order valence-corrected chi connectivity index (χ2v) is 6.52. The molecule has 0 amide bonds. The van der Waals surface area contributed by atoms with Crippen LogP contribution in [0.4, 0.5) is 0 Å². The van der Waals surface area contributed by atoms with Crippen LogP contribution in [0.15, 0.2) is 0 Å². The highest BCUT2D eigenvalue weighted by Crippen LogP contribution is 2.17. The fraction of sp³-hybridized carbons (Fsp3) is 1.00. The zero-order chi connectivity index (χ0) is 13.7. The Kier molecular flexibility index (Phi) is 6.07. The van der Waals surface area contributed by atoms with Crippen molar-refractivity contribution in [1.29, 1.82) is 0 Å². The second-order valence-electron chi connectivity index (χ2n) is 6.52. The van der Waals surface area contributed by atoms with Crippen molar-refractivity contribution in [3.8, 4) is 0 Å². The summed E-state index contributed by atoms with van der Waals surface area (Å²) in [5, 5.41) is 3.68. The Hall–Kier alpha value is -0.160. The van der Waals surface area contributed by atoms with Gasteiger partial charge in [0, 0.05) is 38.3 Å². The first-order valence-corrected chi connectivity index (χ1v) is 7.96. The molecule has 2 rings (SSSR count). The molecule has 2 aliphatic rings. The third-order valence-electron chi connectivity index (χ3n) is 4.94. The molecule has 0 bridgehead atoms.